The van der Waals surface area contributed by atoms with Gasteiger partial charge in [-0.15, -0.1) is 0 Å². The summed E-state index contributed by atoms with van der Waals surface area (Å²) in [6.07, 6.45) is 1.68. The van der Waals surface area contributed by atoms with E-state index in [1.807, 2.05) is 13.8 Å². The van der Waals surface area contributed by atoms with Crippen molar-refractivity contribution in [3.8, 4) is 17.3 Å². The molecule has 2 heterocycles. The SMILES string of the molecule is Cc1c(C(=O)NC[C@@H]2CCCO2)nn(-c2cccc(Cl)c2)c1Oc1ccc([N+](=O)[O-])cc1S(=O)(=O)NCC(C)C. The zero-order valence-corrected chi connectivity index (χ0v) is 23.8. The zero-order valence-electron chi connectivity index (χ0n) is 22.2. The Labute approximate surface area is 236 Å². The third-order valence-corrected chi connectivity index (χ3v) is 7.85. The van der Waals surface area contributed by atoms with E-state index in [0.717, 1.165) is 25.0 Å². The molecule has 1 aliphatic rings. The fraction of sp³-hybridized carbons (Fsp3) is 0.385. The first-order chi connectivity index (χ1) is 19.0. The molecule has 0 spiro atoms. The molecular formula is C26H30ClN5O7S. The van der Waals surface area contributed by atoms with Gasteiger partial charge in [0.1, 0.15) is 10.6 Å². The molecule has 3 aromatic rings. The highest BCUT2D eigenvalue weighted by atomic mass is 35.5. The number of nitrogens with one attached hydrogen (secondary N) is 2. The summed E-state index contributed by atoms with van der Waals surface area (Å²) in [6, 6.07) is 9.92. The number of amides is 1. The van der Waals surface area contributed by atoms with Crippen LogP contribution in [-0.4, -0.2) is 54.8 Å². The standard InChI is InChI=1S/C26H30ClN5O7S/c1-16(2)14-29-40(36,37)23-13-20(32(34)35)9-10-22(23)39-26-17(3)24(25(33)28-15-21-8-5-11-38-21)30-31(26)19-7-4-6-18(27)12-19/h4,6-7,9-10,12-13,16,21,29H,5,8,11,14-15H2,1-3H3,(H,28,33)/t21-/m0/s1. The van der Waals surface area contributed by atoms with Gasteiger partial charge in [0.05, 0.1) is 16.7 Å². The van der Waals surface area contributed by atoms with E-state index < -0.39 is 31.4 Å². The molecule has 0 saturated carbocycles. The number of nitro groups is 1. The highest BCUT2D eigenvalue weighted by molar-refractivity contribution is 7.89. The molecule has 1 fully saturated rings. The average Bonchev–Trinajstić information content (AvgIpc) is 3.54. The number of halogens is 1. The number of ether oxygens (including phenoxy) is 2. The van der Waals surface area contributed by atoms with E-state index in [0.29, 0.717) is 29.4 Å². The molecule has 214 valence electrons. The zero-order chi connectivity index (χ0) is 29.0. The average molecular weight is 592 g/mol. The summed E-state index contributed by atoms with van der Waals surface area (Å²) in [5.74, 6) is -0.619. The second-order valence-corrected chi connectivity index (χ2v) is 11.9. The van der Waals surface area contributed by atoms with Gasteiger partial charge in [-0.1, -0.05) is 31.5 Å². The highest BCUT2D eigenvalue weighted by Gasteiger charge is 2.28. The normalized spacial score (nSPS) is 15.4. The van der Waals surface area contributed by atoms with Crippen molar-refractivity contribution in [1.82, 2.24) is 19.8 Å². The first-order valence-corrected chi connectivity index (χ1v) is 14.5. The lowest BCUT2D eigenvalue weighted by atomic mass is 10.2. The Morgan fingerprint density at radius 2 is 2.08 bits per heavy atom. The van der Waals surface area contributed by atoms with E-state index in [4.69, 9.17) is 21.1 Å². The van der Waals surface area contributed by atoms with E-state index in [-0.39, 0.29) is 35.9 Å². The van der Waals surface area contributed by atoms with Gasteiger partial charge in [0.25, 0.3) is 11.6 Å². The van der Waals surface area contributed by atoms with Crippen molar-refractivity contribution in [2.24, 2.45) is 5.92 Å². The molecule has 1 aromatic heterocycles. The predicted molar refractivity (Wildman–Crippen MR) is 148 cm³/mol. The number of non-ortho nitro benzene ring substituents is 1. The number of hydrogen-bond acceptors (Lipinski definition) is 8. The largest absolute Gasteiger partial charge is 0.437 e. The Kier molecular flexibility index (Phi) is 9.08. The molecule has 2 aromatic carbocycles. The third kappa shape index (κ3) is 6.78. The lowest BCUT2D eigenvalue weighted by Gasteiger charge is -2.15. The number of rotatable bonds is 11. The molecule has 1 saturated heterocycles. The molecule has 2 N–H and O–H groups in total. The van der Waals surface area contributed by atoms with Gasteiger partial charge >= 0.3 is 0 Å². The van der Waals surface area contributed by atoms with E-state index in [1.165, 1.54) is 10.7 Å². The minimum absolute atomic E-state index is 0.0138. The van der Waals surface area contributed by atoms with Gasteiger partial charge in [0.2, 0.25) is 15.9 Å². The molecule has 12 nitrogen and oxygen atoms in total. The fourth-order valence-corrected chi connectivity index (χ4v) is 5.60. The van der Waals surface area contributed by atoms with Crippen molar-refractivity contribution < 1.29 is 27.6 Å². The van der Waals surface area contributed by atoms with Crippen molar-refractivity contribution in [1.29, 1.82) is 0 Å². The Hall–Kier alpha value is -3.52. The van der Waals surface area contributed by atoms with Gasteiger partial charge in [-0.2, -0.15) is 9.78 Å². The van der Waals surface area contributed by atoms with Crippen LogP contribution in [0.5, 0.6) is 11.6 Å². The van der Waals surface area contributed by atoms with E-state index in [9.17, 15) is 23.3 Å². The van der Waals surface area contributed by atoms with Crippen LogP contribution in [-0.2, 0) is 14.8 Å². The summed E-state index contributed by atoms with van der Waals surface area (Å²) < 4.78 is 41.9. The minimum atomic E-state index is -4.21. The van der Waals surface area contributed by atoms with Crippen molar-refractivity contribution >= 4 is 33.2 Å². The van der Waals surface area contributed by atoms with Crippen LogP contribution in [0.1, 0.15) is 42.7 Å². The minimum Gasteiger partial charge on any atom is -0.437 e. The molecule has 1 aliphatic heterocycles. The predicted octanol–water partition coefficient (Wildman–Crippen LogP) is 4.38. The van der Waals surface area contributed by atoms with Gasteiger partial charge < -0.3 is 14.8 Å². The maximum Gasteiger partial charge on any atom is 0.272 e. The summed E-state index contributed by atoms with van der Waals surface area (Å²) in [5, 5.41) is 19.1. The van der Waals surface area contributed by atoms with E-state index >= 15 is 0 Å². The molecule has 0 aliphatic carbocycles. The number of sulfonamides is 1. The number of nitrogens with zero attached hydrogens (tertiary/aromatic N) is 3. The van der Waals surface area contributed by atoms with Gasteiger partial charge in [-0.05, 0) is 49.9 Å². The second kappa shape index (κ2) is 12.3. The fourth-order valence-electron chi connectivity index (χ4n) is 4.06. The quantitative estimate of drug-likeness (QED) is 0.246. The number of aromatic nitrogens is 2. The van der Waals surface area contributed by atoms with E-state index in [2.05, 4.69) is 15.1 Å². The van der Waals surface area contributed by atoms with Crippen LogP contribution in [0, 0.1) is 23.0 Å². The summed E-state index contributed by atoms with van der Waals surface area (Å²) in [7, 11) is -4.21. The van der Waals surface area contributed by atoms with Crippen LogP contribution in [0.2, 0.25) is 5.02 Å². The van der Waals surface area contributed by atoms with Crippen LogP contribution in [0.4, 0.5) is 5.69 Å². The Bertz CT molecular complexity index is 1520. The lowest BCUT2D eigenvalue weighted by molar-refractivity contribution is -0.385. The van der Waals surface area contributed by atoms with E-state index in [1.54, 1.807) is 31.2 Å². The summed E-state index contributed by atoms with van der Waals surface area (Å²) in [4.78, 5) is 23.5. The van der Waals surface area contributed by atoms with Crippen molar-refractivity contribution in [2.75, 3.05) is 19.7 Å². The number of benzene rings is 2. The Morgan fingerprint density at radius 3 is 2.73 bits per heavy atom. The molecule has 0 radical (unpaired) electrons. The van der Waals surface area contributed by atoms with Crippen LogP contribution >= 0.6 is 11.6 Å². The van der Waals surface area contributed by atoms with Crippen LogP contribution < -0.4 is 14.8 Å². The number of carbonyl (C=O) groups excluding carboxylic acids is 1. The lowest BCUT2D eigenvalue weighted by Crippen LogP contribution is -2.32. The Balaban J connectivity index is 1.78. The van der Waals surface area contributed by atoms with Gasteiger partial charge in [0, 0.05) is 42.4 Å². The van der Waals surface area contributed by atoms with Crippen molar-refractivity contribution in [3.05, 3.63) is 68.9 Å². The summed E-state index contributed by atoms with van der Waals surface area (Å²) in [5.41, 5.74) is 0.401. The van der Waals surface area contributed by atoms with Crippen LogP contribution in [0.15, 0.2) is 47.4 Å². The van der Waals surface area contributed by atoms with Crippen molar-refractivity contribution in [2.45, 2.75) is 44.6 Å². The van der Waals surface area contributed by atoms with Crippen LogP contribution in [0.3, 0.4) is 0 Å². The second-order valence-electron chi connectivity index (χ2n) is 9.75. The monoisotopic (exact) mass is 591 g/mol. The van der Waals surface area contributed by atoms with Gasteiger partial charge in [0.15, 0.2) is 5.69 Å². The summed E-state index contributed by atoms with van der Waals surface area (Å²) in [6.45, 7) is 6.33. The molecule has 40 heavy (non-hydrogen) atoms. The molecule has 0 unspecified atom stereocenters. The van der Waals surface area contributed by atoms with Gasteiger partial charge in [-0.25, -0.2) is 13.1 Å². The third-order valence-electron chi connectivity index (χ3n) is 6.17. The van der Waals surface area contributed by atoms with Crippen LogP contribution in [0.25, 0.3) is 5.69 Å². The Morgan fingerprint density at radius 1 is 1.30 bits per heavy atom. The first kappa shape index (κ1) is 29.5. The smallest absolute Gasteiger partial charge is 0.272 e. The highest BCUT2D eigenvalue weighted by Crippen LogP contribution is 2.36. The summed E-state index contributed by atoms with van der Waals surface area (Å²) >= 11 is 6.20. The molecule has 1 atom stereocenters. The maximum absolute atomic E-state index is 13.2. The molecule has 14 heteroatoms. The number of carbonyl (C=O) groups is 1. The molecule has 4 rings (SSSR count). The molecular weight excluding hydrogens is 562 g/mol. The maximum atomic E-state index is 13.2. The van der Waals surface area contributed by atoms with Gasteiger partial charge in [-0.3, -0.25) is 14.9 Å². The number of hydrogen-bond donors (Lipinski definition) is 2. The topological polar surface area (TPSA) is 155 Å². The molecule has 0 bridgehead atoms. The van der Waals surface area contributed by atoms with Crippen molar-refractivity contribution in [3.63, 3.8) is 0 Å². The first-order valence-electron chi connectivity index (χ1n) is 12.7. The molecule has 1 amide bonds. The number of nitro benzene ring substituents is 1.